The van der Waals surface area contributed by atoms with Crippen molar-refractivity contribution in [2.75, 3.05) is 40.1 Å². The van der Waals surface area contributed by atoms with Crippen LogP contribution in [0.1, 0.15) is 199 Å². The standard InChI is InChI=1S/C48H62F2N6O8.C44H58F2N6O6/c1-9-25(4)46(60)54-40(11-3)48(62)56-24-35(64-28(7)58)20-33(56)22-39-37-15-13-31(50)18-42(37)53-45(39)44-38(36-14-12-30(49)17-41(36)52-44)21-32-19-34(63-27(6)57)23-55(32)47(61)29(10-2)16-43(59)26(5)51-8;1-7-23(4)42(56)50-36(9-3)44(58)52-22-31(54)18-29(52)20-35-33-13-11-27(46)16-38(33)49-41(35)40-34(32-12-10-26(45)15-37(32)48-40)19-28-17-30(53)21-51(28)43(57)25(8-2)14-39(55)24(5)47-6/h12-15,17-18,25-26,29,32-35,40,51-53H,9-11,16,19-24H2,1-8H3,(H,54,60);10-13,15-16,23-25,28-31,36,47-49,53-54H,7-9,14,17-22H2,1-6H3,(H,50,56)/t25-,26+,29-,32+,33+,34+,35+,40+;23-,24+,25-,28+,29+,30+,31+,36+/m11/s1/i1D3,8D3;1D3,6D3. The van der Waals surface area contributed by atoms with Crippen LogP contribution in [-0.2, 0) is 83.1 Å². The molecule has 26 nitrogen and oxygen atoms in total. The number of H-pyrrole nitrogens is 4. The van der Waals surface area contributed by atoms with Crippen LogP contribution in [0.15, 0.2) is 72.8 Å². The zero-order chi connectivity index (χ0) is 98.6. The van der Waals surface area contributed by atoms with E-state index in [4.69, 9.17) is 25.9 Å². The SMILES string of the molecule is [2H]C([2H])([2H])C[C@@H](C)C(=O)N[C@@H](CC)C(=O)N1C[C@@H](O)C[C@H]1Cc1c(-c2[nH]c3cc(F)ccc3c2C[C@@H]2C[C@H](O)CN2C(=O)[C@H](CC)CC(=O)[C@H](C)NC([2H])([2H])[2H])[nH]c2cc(F)ccc12.[2H]C([2H])([2H])C[C@@H](C)C(=O)N[C@@H](CC)C(=O)N1C[C@@H](OC(C)=O)C[C@H]1Cc1c(-c2[nH]c3cc(F)ccc3c2C[C@@H]2C[C@H](OC(C)=O)CN2C(=O)[C@H](CC)CC(=O)[C@H](C)NC([2H])([2H])[2H])[nH]c2cc(F)ccc12. The number of hydrogen-bond donors (Lipinski definition) is 10. The molecule has 12 rings (SSSR count). The molecule has 4 saturated heterocycles. The Hall–Kier alpha value is -10.3. The summed E-state index contributed by atoms with van der Waals surface area (Å²) in [5.74, 6) is -10.5. The Bertz CT molecular complexity index is 5330. The number of ketones is 2. The van der Waals surface area contributed by atoms with Crippen LogP contribution in [0.5, 0.6) is 0 Å². The summed E-state index contributed by atoms with van der Waals surface area (Å²) in [6.45, 7) is 5.33. The number of carbonyl (C=O) groups is 10. The summed E-state index contributed by atoms with van der Waals surface area (Å²) in [7, 11) is 0. The Balaban J connectivity index is 0.000000259. The van der Waals surface area contributed by atoms with Crippen LogP contribution < -0.4 is 21.3 Å². The highest BCUT2D eigenvalue weighted by molar-refractivity contribution is 5.99. The largest absolute Gasteiger partial charge is 0.461 e. The average molecular weight is 1710 g/mol. The minimum atomic E-state index is -2.58. The molecule has 4 aromatic heterocycles. The number of aromatic amines is 4. The molecule has 0 bridgehead atoms. The molecule has 10 N–H and O–H groups in total. The van der Waals surface area contributed by atoms with Gasteiger partial charge in [0.25, 0.3) is 0 Å². The van der Waals surface area contributed by atoms with Crippen molar-refractivity contribution in [1.82, 2.24) is 60.8 Å². The predicted molar refractivity (Wildman–Crippen MR) is 457 cm³/mol. The first kappa shape index (κ1) is 76.6. The number of nitrogens with one attached hydrogen (secondary N) is 8. The van der Waals surface area contributed by atoms with E-state index in [0.717, 1.165) is 0 Å². The molecule has 660 valence electrons. The molecule has 0 saturated carbocycles. The van der Waals surface area contributed by atoms with Gasteiger partial charge < -0.3 is 80.5 Å². The van der Waals surface area contributed by atoms with Gasteiger partial charge in [0, 0.05) is 161 Å². The van der Waals surface area contributed by atoms with Crippen LogP contribution in [0.2, 0.25) is 0 Å². The summed E-state index contributed by atoms with van der Waals surface area (Å²) in [4.78, 5) is 154. The van der Waals surface area contributed by atoms with E-state index >= 15 is 8.78 Å². The number of aliphatic hydroxyl groups is 2. The number of aliphatic hydroxyl groups excluding tert-OH is 2. The van der Waals surface area contributed by atoms with Crippen LogP contribution in [0.4, 0.5) is 17.6 Å². The fourth-order valence-corrected chi connectivity index (χ4v) is 17.8. The Kier molecular flexibility index (Phi) is 25.3. The van der Waals surface area contributed by atoms with Gasteiger partial charge in [-0.05, 0) is 200 Å². The van der Waals surface area contributed by atoms with E-state index < -0.39 is 207 Å². The molecular formula is C92H120F4N12O14. The van der Waals surface area contributed by atoms with Crippen LogP contribution in [0.25, 0.3) is 66.4 Å². The topological polar surface area (TPSA) is 354 Å². The molecule has 122 heavy (non-hydrogen) atoms. The van der Waals surface area contributed by atoms with Crippen LogP contribution in [-0.4, -0.2) is 222 Å². The van der Waals surface area contributed by atoms with Crippen molar-refractivity contribution in [2.24, 2.45) is 23.7 Å². The first-order chi connectivity index (χ1) is 62.7. The molecule has 8 aromatic rings. The third-order valence-electron chi connectivity index (χ3n) is 24.6. The minimum absolute atomic E-state index is 0.00665. The number of likely N-dealkylation sites (tertiary alicyclic amines) is 4. The smallest absolute Gasteiger partial charge is 0.302 e. The molecule has 30 heteroatoms. The van der Waals surface area contributed by atoms with E-state index in [0.29, 0.717) is 88.6 Å². The van der Waals surface area contributed by atoms with Gasteiger partial charge in [-0.15, -0.1) is 0 Å². The van der Waals surface area contributed by atoms with Crippen molar-refractivity contribution >= 4 is 103 Å². The lowest BCUT2D eigenvalue weighted by Gasteiger charge is -2.30. The number of nitrogens with zero attached hydrogens (tertiary/aromatic N) is 4. The van der Waals surface area contributed by atoms with Crippen molar-refractivity contribution in [1.29, 1.82) is 0 Å². The summed E-state index contributed by atoms with van der Waals surface area (Å²) in [6, 6.07) is 10.3. The van der Waals surface area contributed by atoms with Gasteiger partial charge in [-0.3, -0.25) is 47.9 Å². The molecule has 4 fully saturated rings. The highest BCUT2D eigenvalue weighted by Gasteiger charge is 2.46. The summed E-state index contributed by atoms with van der Waals surface area (Å²) in [6.07, 6.45) is -2.30. The van der Waals surface area contributed by atoms with E-state index in [1.807, 2.05) is 0 Å². The number of amides is 6. The molecule has 0 spiro atoms. The van der Waals surface area contributed by atoms with Gasteiger partial charge in [-0.25, -0.2) is 17.6 Å². The second-order valence-electron chi connectivity index (χ2n) is 33.2. The molecule has 6 amide bonds. The first-order valence-electron chi connectivity index (χ1n) is 48.1. The zero-order valence-electron chi connectivity index (χ0n) is 82.4. The Morgan fingerprint density at radius 3 is 1.02 bits per heavy atom. The van der Waals surface area contributed by atoms with Gasteiger partial charge in [0.2, 0.25) is 35.4 Å². The highest BCUT2D eigenvalue weighted by atomic mass is 19.1. The average Bonchev–Trinajstić information content (AvgIpc) is 1.59. The Morgan fingerprint density at radius 1 is 0.434 bits per heavy atom. The number of rotatable bonds is 34. The number of likely N-dealkylation sites (N-methyl/N-ethyl adjacent to an activating group) is 2. The van der Waals surface area contributed by atoms with E-state index in [2.05, 4.69) is 41.2 Å². The molecule has 0 aliphatic carbocycles. The normalized spacial score (nSPS) is 23.0. The van der Waals surface area contributed by atoms with Crippen molar-refractivity contribution in [3.63, 3.8) is 0 Å². The van der Waals surface area contributed by atoms with Gasteiger partial charge in [-0.2, -0.15) is 0 Å². The summed E-state index contributed by atoms with van der Waals surface area (Å²) >= 11 is 0. The number of β-amino-alcohol motifs (C(OH)–C–C–N with tert-alkyl or cyclic N) is 2. The first-order valence-corrected chi connectivity index (χ1v) is 42.1. The van der Waals surface area contributed by atoms with E-state index in [9.17, 15) is 66.9 Å². The number of carbonyl (C=O) groups excluding carboxylic acids is 10. The van der Waals surface area contributed by atoms with Gasteiger partial charge in [-0.1, -0.05) is 55.2 Å². The highest BCUT2D eigenvalue weighted by Crippen LogP contribution is 2.44. The number of halogens is 4. The van der Waals surface area contributed by atoms with Crippen molar-refractivity contribution < 1.29 is 102 Å². The number of hydrogen-bond acceptors (Lipinski definition) is 16. The molecule has 0 radical (unpaired) electrons. The maximum absolute atomic E-state index is 15.0. The van der Waals surface area contributed by atoms with Crippen LogP contribution in [0.3, 0.4) is 0 Å². The monoisotopic (exact) mass is 1700 g/mol. The lowest BCUT2D eigenvalue weighted by Crippen LogP contribution is -2.51. The summed E-state index contributed by atoms with van der Waals surface area (Å²) < 4.78 is 162. The molecule has 4 aromatic carbocycles. The number of benzene rings is 4. The Labute approximate surface area is 725 Å². The number of ether oxygens (including phenoxy) is 2. The van der Waals surface area contributed by atoms with Crippen molar-refractivity contribution in [3.05, 3.63) is 118 Å². The number of fused-ring (bicyclic) bond motifs is 4. The maximum atomic E-state index is 15.0. The van der Waals surface area contributed by atoms with Crippen LogP contribution in [0, 0.1) is 46.9 Å². The lowest BCUT2D eigenvalue weighted by molar-refractivity contribution is -0.147. The molecule has 8 heterocycles. The fraction of sp³-hybridized carbons (Fsp3) is 0.543. The summed E-state index contributed by atoms with van der Waals surface area (Å²) in [5.41, 5.74) is 6.04. The van der Waals surface area contributed by atoms with Gasteiger partial charge >= 0.3 is 11.9 Å². The van der Waals surface area contributed by atoms with E-state index in [-0.39, 0.29) is 128 Å². The third-order valence-corrected chi connectivity index (χ3v) is 24.6. The number of esters is 2. The molecule has 4 aliphatic rings. The quantitative estimate of drug-likeness (QED) is 0.0132. The van der Waals surface area contributed by atoms with E-state index in [1.54, 1.807) is 61.8 Å². The third kappa shape index (κ3) is 20.8. The predicted octanol–water partition coefficient (Wildman–Crippen LogP) is 11.4. The summed E-state index contributed by atoms with van der Waals surface area (Å²) in [5, 5.41) is 34.4. The Morgan fingerprint density at radius 2 is 0.730 bits per heavy atom. The molecule has 4 aliphatic heterocycles. The van der Waals surface area contributed by atoms with E-state index in [1.165, 1.54) is 99.9 Å². The van der Waals surface area contributed by atoms with Crippen molar-refractivity contribution in [2.45, 2.75) is 258 Å². The van der Waals surface area contributed by atoms with Gasteiger partial charge in [0.1, 0.15) is 59.1 Å². The van der Waals surface area contributed by atoms with Gasteiger partial charge in [0.05, 0.1) is 60.2 Å². The van der Waals surface area contributed by atoms with Crippen LogP contribution >= 0.6 is 0 Å². The zero-order valence-corrected chi connectivity index (χ0v) is 70.4. The second kappa shape index (κ2) is 40.4. The van der Waals surface area contributed by atoms with Crippen molar-refractivity contribution in [3.8, 4) is 22.8 Å². The fourth-order valence-electron chi connectivity index (χ4n) is 17.8. The lowest BCUT2D eigenvalue weighted by atomic mass is 9.93. The number of Topliss-reactive ketones (excluding diaryl/α,β-unsaturated/α-hetero) is 2. The molecule has 0 unspecified atom stereocenters. The molecule has 16 atom stereocenters. The second-order valence-corrected chi connectivity index (χ2v) is 33.2. The minimum Gasteiger partial charge on any atom is -0.461 e. The van der Waals surface area contributed by atoms with Gasteiger partial charge in [0.15, 0.2) is 0 Å². The maximum Gasteiger partial charge on any atom is 0.302 e. The molecular weight excluding hydrogens is 1570 g/mol. The number of aromatic nitrogens is 4.